The molecule has 216 valence electrons. The van der Waals surface area contributed by atoms with Gasteiger partial charge in [0.2, 0.25) is 17.7 Å². The lowest BCUT2D eigenvalue weighted by atomic mass is 10.0. The molecule has 13 nitrogen and oxygen atoms in total. The van der Waals surface area contributed by atoms with Crippen LogP contribution in [0, 0.1) is 0 Å². The number of hydrogen-bond acceptors (Lipinski definition) is 7. The summed E-state index contributed by atoms with van der Waals surface area (Å²) in [5.41, 5.74) is 17.6. The topological polar surface area (TPSA) is 235 Å². The van der Waals surface area contributed by atoms with Crippen molar-refractivity contribution in [3.63, 3.8) is 0 Å². The number of nitrogens with two attached hydrogens (primary N) is 3. The number of phenolic OH excluding ortho intramolecular Hbond substituents is 1. The molecule has 0 saturated heterocycles. The van der Waals surface area contributed by atoms with Crippen molar-refractivity contribution < 1.29 is 29.4 Å². The van der Waals surface area contributed by atoms with E-state index >= 15 is 0 Å². The van der Waals surface area contributed by atoms with Gasteiger partial charge in [-0.3, -0.25) is 19.4 Å². The Morgan fingerprint density at radius 2 is 1.32 bits per heavy atom. The number of carboxylic acid groups (broad SMARTS) is 1. The van der Waals surface area contributed by atoms with Gasteiger partial charge in [0.05, 0.1) is 6.04 Å². The molecular formula is C27H37N7O6. The number of carbonyl (C=O) groups is 4. The number of aliphatic imine (C=N–C) groups is 1. The van der Waals surface area contributed by atoms with Crippen LogP contribution in [0.1, 0.15) is 30.9 Å². The molecule has 0 saturated carbocycles. The first kappa shape index (κ1) is 31.6. The Morgan fingerprint density at radius 1 is 0.800 bits per heavy atom. The molecule has 40 heavy (non-hydrogen) atoms. The molecule has 0 heterocycles. The van der Waals surface area contributed by atoms with Crippen LogP contribution in [0.25, 0.3) is 0 Å². The molecule has 13 heteroatoms. The molecule has 0 aliphatic carbocycles. The fraction of sp³-hybridized carbons (Fsp3) is 0.370. The van der Waals surface area contributed by atoms with Crippen LogP contribution in [0.2, 0.25) is 0 Å². The third-order valence-corrected chi connectivity index (χ3v) is 5.90. The second kappa shape index (κ2) is 15.7. The molecule has 0 bridgehead atoms. The lowest BCUT2D eigenvalue weighted by Gasteiger charge is -2.25. The first-order chi connectivity index (χ1) is 19.0. The van der Waals surface area contributed by atoms with Crippen LogP contribution in [0.15, 0.2) is 59.6 Å². The van der Waals surface area contributed by atoms with Crippen LogP contribution in [0.3, 0.4) is 0 Å². The maximum absolute atomic E-state index is 13.3. The van der Waals surface area contributed by atoms with Gasteiger partial charge in [-0.1, -0.05) is 42.5 Å². The fourth-order valence-corrected chi connectivity index (χ4v) is 3.75. The highest BCUT2D eigenvalue weighted by molar-refractivity contribution is 5.94. The zero-order valence-electron chi connectivity index (χ0n) is 22.2. The fourth-order valence-electron chi connectivity index (χ4n) is 3.75. The number of aromatic hydroxyl groups is 1. The van der Waals surface area contributed by atoms with Crippen LogP contribution >= 0.6 is 0 Å². The second-order valence-electron chi connectivity index (χ2n) is 9.32. The van der Waals surface area contributed by atoms with E-state index in [-0.39, 0.29) is 37.5 Å². The van der Waals surface area contributed by atoms with Gasteiger partial charge >= 0.3 is 5.97 Å². The van der Waals surface area contributed by atoms with Gasteiger partial charge in [0.25, 0.3) is 0 Å². The largest absolute Gasteiger partial charge is 0.508 e. The summed E-state index contributed by atoms with van der Waals surface area (Å²) in [5, 5.41) is 27.0. The average Bonchev–Trinajstić information content (AvgIpc) is 2.90. The maximum atomic E-state index is 13.3. The second-order valence-corrected chi connectivity index (χ2v) is 9.32. The van der Waals surface area contributed by atoms with Crippen LogP contribution in [-0.2, 0) is 32.0 Å². The van der Waals surface area contributed by atoms with E-state index in [0.717, 1.165) is 5.56 Å². The standard InChI is InChI=1S/C27H37N7O6/c1-16(28)23(36)32-20(8-5-13-31-27(29)30)24(37)33-21(14-17-6-3-2-4-7-17)25(38)34-22(26(39)40)15-18-9-11-19(35)12-10-18/h2-4,6-7,9-12,16,20-22,35H,5,8,13-15,28H2,1H3,(H,32,36)(H,33,37)(H,34,38)(H,39,40)(H4,29,30,31). The number of nitrogens with zero attached hydrogens (tertiary/aromatic N) is 1. The van der Waals surface area contributed by atoms with Crippen molar-refractivity contribution in [2.24, 2.45) is 22.2 Å². The molecule has 0 aliphatic rings. The Kier molecular flexibility index (Phi) is 12.4. The molecular weight excluding hydrogens is 518 g/mol. The third-order valence-electron chi connectivity index (χ3n) is 5.90. The summed E-state index contributed by atoms with van der Waals surface area (Å²) in [6, 6.07) is 10.4. The summed E-state index contributed by atoms with van der Waals surface area (Å²) in [4.78, 5) is 54.8. The number of carboxylic acids is 1. The van der Waals surface area contributed by atoms with Gasteiger partial charge in [-0.25, -0.2) is 4.79 Å². The predicted octanol–water partition coefficient (Wildman–Crippen LogP) is -0.883. The van der Waals surface area contributed by atoms with Gasteiger partial charge in [-0.15, -0.1) is 0 Å². The number of guanidine groups is 1. The lowest BCUT2D eigenvalue weighted by molar-refractivity contribution is -0.142. The first-order valence-electron chi connectivity index (χ1n) is 12.7. The Morgan fingerprint density at radius 3 is 1.90 bits per heavy atom. The number of aliphatic carboxylic acids is 1. The third kappa shape index (κ3) is 11.0. The highest BCUT2D eigenvalue weighted by Crippen LogP contribution is 2.12. The van der Waals surface area contributed by atoms with Crippen LogP contribution in [-0.4, -0.2) is 70.6 Å². The molecule has 0 radical (unpaired) electrons. The van der Waals surface area contributed by atoms with Crippen molar-refractivity contribution in [3.05, 3.63) is 65.7 Å². The summed E-state index contributed by atoms with van der Waals surface area (Å²) < 4.78 is 0. The summed E-state index contributed by atoms with van der Waals surface area (Å²) in [7, 11) is 0. The minimum atomic E-state index is -1.31. The maximum Gasteiger partial charge on any atom is 0.326 e. The molecule has 0 spiro atoms. The Balaban J connectivity index is 2.24. The number of benzene rings is 2. The molecule has 3 amide bonds. The number of rotatable bonds is 15. The van der Waals surface area contributed by atoms with Gasteiger partial charge < -0.3 is 43.4 Å². The predicted molar refractivity (Wildman–Crippen MR) is 149 cm³/mol. The van der Waals surface area contributed by atoms with Crippen LogP contribution < -0.4 is 33.2 Å². The first-order valence-corrected chi connectivity index (χ1v) is 12.7. The van der Waals surface area contributed by atoms with Crippen molar-refractivity contribution >= 4 is 29.7 Å². The summed E-state index contributed by atoms with van der Waals surface area (Å²) >= 11 is 0. The van der Waals surface area contributed by atoms with Gasteiger partial charge in [0.15, 0.2) is 5.96 Å². The van der Waals surface area contributed by atoms with Gasteiger partial charge in [0, 0.05) is 19.4 Å². The Labute approximate surface area is 232 Å². The zero-order chi connectivity index (χ0) is 29.7. The van der Waals surface area contributed by atoms with Crippen molar-refractivity contribution in [3.8, 4) is 5.75 Å². The molecule has 4 atom stereocenters. The highest BCUT2D eigenvalue weighted by Gasteiger charge is 2.30. The summed E-state index contributed by atoms with van der Waals surface area (Å²) in [6.45, 7) is 1.68. The van der Waals surface area contributed by atoms with Crippen molar-refractivity contribution in [2.75, 3.05) is 6.54 Å². The number of hydrogen-bond donors (Lipinski definition) is 8. The smallest absolute Gasteiger partial charge is 0.326 e. The molecule has 0 aromatic heterocycles. The minimum absolute atomic E-state index is 0.0225. The van der Waals surface area contributed by atoms with Crippen LogP contribution in [0.4, 0.5) is 0 Å². The molecule has 2 rings (SSSR count). The van der Waals surface area contributed by atoms with Crippen LogP contribution in [0.5, 0.6) is 5.75 Å². The van der Waals surface area contributed by atoms with Gasteiger partial charge in [-0.05, 0) is 43.0 Å². The zero-order valence-corrected chi connectivity index (χ0v) is 22.2. The Bertz CT molecular complexity index is 1170. The number of phenols is 1. The number of nitrogens with one attached hydrogen (secondary N) is 3. The van der Waals surface area contributed by atoms with E-state index in [2.05, 4.69) is 20.9 Å². The van der Waals surface area contributed by atoms with E-state index in [1.165, 1.54) is 19.1 Å². The highest BCUT2D eigenvalue weighted by atomic mass is 16.4. The van der Waals surface area contributed by atoms with E-state index < -0.39 is 47.9 Å². The summed E-state index contributed by atoms with van der Waals surface area (Å²) in [5.74, 6) is -3.30. The molecule has 0 fully saturated rings. The molecule has 4 unspecified atom stereocenters. The van der Waals surface area contributed by atoms with E-state index in [0.29, 0.717) is 12.0 Å². The van der Waals surface area contributed by atoms with Crippen molar-refractivity contribution in [1.82, 2.24) is 16.0 Å². The van der Waals surface area contributed by atoms with E-state index in [1.807, 2.05) is 0 Å². The summed E-state index contributed by atoms with van der Waals surface area (Å²) in [6.07, 6.45) is 0.509. The molecule has 2 aromatic rings. The lowest BCUT2D eigenvalue weighted by Crippen LogP contribution is -2.57. The van der Waals surface area contributed by atoms with Crippen molar-refractivity contribution in [1.29, 1.82) is 0 Å². The molecule has 11 N–H and O–H groups in total. The van der Waals surface area contributed by atoms with E-state index in [9.17, 15) is 29.4 Å². The molecule has 2 aromatic carbocycles. The van der Waals surface area contributed by atoms with Gasteiger partial charge in [0.1, 0.15) is 23.9 Å². The SMILES string of the molecule is CC(N)C(=O)NC(CCCN=C(N)N)C(=O)NC(Cc1ccccc1)C(=O)NC(Cc1ccc(O)cc1)C(=O)O. The van der Waals surface area contributed by atoms with E-state index in [4.69, 9.17) is 17.2 Å². The van der Waals surface area contributed by atoms with E-state index in [1.54, 1.807) is 42.5 Å². The quantitative estimate of drug-likeness (QED) is 0.0772. The monoisotopic (exact) mass is 555 g/mol. The minimum Gasteiger partial charge on any atom is -0.508 e. The molecule has 0 aliphatic heterocycles. The van der Waals surface area contributed by atoms with Crippen molar-refractivity contribution in [2.45, 2.75) is 56.8 Å². The normalized spacial score (nSPS) is 13.7. The Hall–Kier alpha value is -4.65. The number of amides is 3. The average molecular weight is 556 g/mol. The number of carbonyl (C=O) groups excluding carboxylic acids is 3. The van der Waals surface area contributed by atoms with Gasteiger partial charge in [-0.2, -0.15) is 0 Å².